The fourth-order valence-corrected chi connectivity index (χ4v) is 7.21. The number of ether oxygens (including phenoxy) is 3. The summed E-state index contributed by atoms with van der Waals surface area (Å²) in [6.45, 7) is 3.70. The summed E-state index contributed by atoms with van der Waals surface area (Å²) in [5.74, 6) is 0.202. The van der Waals surface area contributed by atoms with Gasteiger partial charge in [0.15, 0.2) is 0 Å². The van der Waals surface area contributed by atoms with Gasteiger partial charge in [-0.3, -0.25) is 19.3 Å². The molecule has 1 aromatic rings. The van der Waals surface area contributed by atoms with Gasteiger partial charge in [0.2, 0.25) is 11.8 Å². The van der Waals surface area contributed by atoms with Crippen LogP contribution < -0.4 is 15.4 Å². The van der Waals surface area contributed by atoms with Gasteiger partial charge in [-0.15, -0.1) is 0 Å². The molecule has 1 aromatic carbocycles. The largest absolute Gasteiger partial charge is 0.493 e. The Labute approximate surface area is 242 Å². The predicted octanol–water partition coefficient (Wildman–Crippen LogP) is 2.11. The summed E-state index contributed by atoms with van der Waals surface area (Å²) in [5.41, 5.74) is 0.495. The first kappa shape index (κ1) is 28.4. The molecule has 4 aliphatic heterocycles. The van der Waals surface area contributed by atoms with Crippen LogP contribution in [-0.4, -0.2) is 104 Å². The SMILES string of the molecule is O=C(N[C@@H]1CC[C@H]2CCOc3ccccc3C(=O)N3CCN(C4CCCC4)C[C@H]3C(=O)NC[C@H]1O2)C1CCOCC1. The number of benzene rings is 1. The number of carbonyl (C=O) groups excluding carboxylic acids is 3. The van der Waals surface area contributed by atoms with E-state index >= 15 is 0 Å². The average Bonchev–Trinajstić information content (AvgIpc) is 3.56. The van der Waals surface area contributed by atoms with E-state index in [9.17, 15) is 14.4 Å². The lowest BCUT2D eigenvalue weighted by molar-refractivity contribution is -0.134. The van der Waals surface area contributed by atoms with Crippen molar-refractivity contribution < 1.29 is 28.6 Å². The number of rotatable bonds is 3. The standard InChI is InChI=1S/C31H44N4O6/c36-29(21-11-16-39-17-12-21)33-25-10-9-23-13-18-40-27-8-4-3-7-24(27)31(38)35-15-14-34(22-5-1-2-6-22)20-26(35)30(37)32-19-28(25)41-23/h3-4,7-8,21-23,25-26,28H,1-2,5-6,9-20H2,(H,32,37)(H,33,36)/t23-,25+,26-,28+/m0/s1. The van der Waals surface area contributed by atoms with Gasteiger partial charge in [-0.1, -0.05) is 25.0 Å². The second-order valence-corrected chi connectivity index (χ2v) is 12.2. The number of amides is 3. The number of hydrogen-bond acceptors (Lipinski definition) is 7. The molecule has 1 aliphatic carbocycles. The van der Waals surface area contributed by atoms with E-state index in [1.807, 2.05) is 18.2 Å². The molecule has 4 fully saturated rings. The van der Waals surface area contributed by atoms with Gasteiger partial charge in [-0.05, 0) is 50.7 Å². The lowest BCUT2D eigenvalue weighted by Crippen LogP contribution is -2.63. The Morgan fingerprint density at radius 3 is 2.56 bits per heavy atom. The highest BCUT2D eigenvalue weighted by molar-refractivity contribution is 6.00. The Bertz CT molecular complexity index is 1090. The first-order chi connectivity index (χ1) is 20.1. The van der Waals surface area contributed by atoms with Crippen LogP contribution in [0.3, 0.4) is 0 Å². The Hall–Kier alpha value is -2.69. The molecule has 224 valence electrons. The van der Waals surface area contributed by atoms with E-state index in [0.29, 0.717) is 56.7 Å². The van der Waals surface area contributed by atoms with Gasteiger partial charge in [-0.2, -0.15) is 0 Å². The van der Waals surface area contributed by atoms with Crippen LogP contribution in [0.15, 0.2) is 24.3 Å². The summed E-state index contributed by atoms with van der Waals surface area (Å²) in [7, 11) is 0. The van der Waals surface area contributed by atoms with Crippen LogP contribution in [0, 0.1) is 5.92 Å². The summed E-state index contributed by atoms with van der Waals surface area (Å²) in [6.07, 6.45) is 8.00. The van der Waals surface area contributed by atoms with Crippen molar-refractivity contribution in [1.29, 1.82) is 0 Å². The van der Waals surface area contributed by atoms with Gasteiger partial charge < -0.3 is 29.7 Å². The zero-order chi connectivity index (χ0) is 28.2. The van der Waals surface area contributed by atoms with Crippen LogP contribution in [0.2, 0.25) is 0 Å². The number of para-hydroxylation sites is 1. The van der Waals surface area contributed by atoms with Gasteiger partial charge in [0.1, 0.15) is 11.8 Å². The molecule has 2 N–H and O–H groups in total. The van der Waals surface area contributed by atoms with E-state index in [1.54, 1.807) is 11.0 Å². The van der Waals surface area contributed by atoms with Crippen molar-refractivity contribution in [3.63, 3.8) is 0 Å². The van der Waals surface area contributed by atoms with Crippen molar-refractivity contribution in [2.24, 2.45) is 5.92 Å². The van der Waals surface area contributed by atoms with E-state index in [1.165, 1.54) is 12.8 Å². The predicted molar refractivity (Wildman–Crippen MR) is 152 cm³/mol. The smallest absolute Gasteiger partial charge is 0.258 e. The lowest BCUT2D eigenvalue weighted by Gasteiger charge is -2.43. The first-order valence-electron chi connectivity index (χ1n) is 15.6. The minimum absolute atomic E-state index is 0.0438. The molecule has 0 aromatic heterocycles. The van der Waals surface area contributed by atoms with E-state index in [-0.39, 0.29) is 48.4 Å². The van der Waals surface area contributed by atoms with Crippen LogP contribution in [0.1, 0.15) is 68.1 Å². The maximum atomic E-state index is 13.9. The van der Waals surface area contributed by atoms with Gasteiger partial charge in [0.25, 0.3) is 5.91 Å². The molecule has 0 radical (unpaired) electrons. The Morgan fingerprint density at radius 2 is 1.73 bits per heavy atom. The highest BCUT2D eigenvalue weighted by Crippen LogP contribution is 2.29. The average molecular weight is 569 g/mol. The molecule has 41 heavy (non-hydrogen) atoms. The van der Waals surface area contributed by atoms with Gasteiger partial charge >= 0.3 is 0 Å². The zero-order valence-corrected chi connectivity index (χ0v) is 23.9. The second-order valence-electron chi connectivity index (χ2n) is 12.2. The highest BCUT2D eigenvalue weighted by atomic mass is 16.5. The Kier molecular flexibility index (Phi) is 9.07. The number of hydrogen-bond donors (Lipinski definition) is 2. The Morgan fingerprint density at radius 1 is 0.927 bits per heavy atom. The third-order valence-corrected chi connectivity index (χ3v) is 9.64. The summed E-state index contributed by atoms with van der Waals surface area (Å²) < 4.78 is 18.1. The quantitative estimate of drug-likeness (QED) is 0.575. The van der Waals surface area contributed by atoms with Crippen molar-refractivity contribution in [1.82, 2.24) is 20.4 Å². The first-order valence-corrected chi connectivity index (χ1v) is 15.6. The zero-order valence-electron chi connectivity index (χ0n) is 23.9. The molecule has 6 rings (SSSR count). The molecule has 0 unspecified atom stereocenters. The molecule has 0 spiro atoms. The molecule has 5 aliphatic rings. The summed E-state index contributed by atoms with van der Waals surface area (Å²) >= 11 is 0. The van der Waals surface area contributed by atoms with E-state index in [4.69, 9.17) is 14.2 Å². The third-order valence-electron chi connectivity index (χ3n) is 9.64. The molecule has 3 amide bonds. The van der Waals surface area contributed by atoms with Crippen molar-refractivity contribution in [2.45, 2.75) is 88.1 Å². The van der Waals surface area contributed by atoms with Crippen molar-refractivity contribution in [2.75, 3.05) is 46.0 Å². The number of nitrogens with one attached hydrogen (secondary N) is 2. The van der Waals surface area contributed by atoms with E-state index in [0.717, 1.165) is 45.1 Å². The number of carbonyl (C=O) groups is 3. The van der Waals surface area contributed by atoms with Crippen LogP contribution >= 0.6 is 0 Å². The molecule has 10 heteroatoms. The van der Waals surface area contributed by atoms with Gasteiger partial charge in [-0.25, -0.2) is 0 Å². The topological polar surface area (TPSA) is 109 Å². The van der Waals surface area contributed by atoms with E-state index < -0.39 is 6.04 Å². The minimum atomic E-state index is -0.609. The van der Waals surface area contributed by atoms with Crippen LogP contribution in [0.4, 0.5) is 0 Å². The fraction of sp³-hybridized carbons (Fsp3) is 0.710. The number of piperazine rings is 1. The minimum Gasteiger partial charge on any atom is -0.493 e. The lowest BCUT2D eigenvalue weighted by atomic mass is 9.94. The third kappa shape index (κ3) is 6.54. The summed E-state index contributed by atoms with van der Waals surface area (Å²) in [4.78, 5) is 45.0. The van der Waals surface area contributed by atoms with Crippen LogP contribution in [0.25, 0.3) is 0 Å². The molecular formula is C31H44N4O6. The molecular weight excluding hydrogens is 524 g/mol. The summed E-state index contributed by atoms with van der Waals surface area (Å²) in [6, 6.07) is 7.01. The van der Waals surface area contributed by atoms with E-state index in [2.05, 4.69) is 15.5 Å². The second kappa shape index (κ2) is 13.1. The van der Waals surface area contributed by atoms with Crippen molar-refractivity contribution in [3.05, 3.63) is 29.8 Å². The molecule has 3 saturated heterocycles. The maximum absolute atomic E-state index is 13.9. The molecule has 4 atom stereocenters. The van der Waals surface area contributed by atoms with Crippen molar-refractivity contribution >= 4 is 17.7 Å². The van der Waals surface area contributed by atoms with Crippen LogP contribution in [0.5, 0.6) is 5.75 Å². The number of nitrogens with zero attached hydrogens (tertiary/aromatic N) is 2. The van der Waals surface area contributed by atoms with Gasteiger partial charge in [0.05, 0.1) is 30.4 Å². The van der Waals surface area contributed by atoms with Crippen molar-refractivity contribution in [3.8, 4) is 5.75 Å². The maximum Gasteiger partial charge on any atom is 0.258 e. The highest BCUT2D eigenvalue weighted by Gasteiger charge is 2.40. The Balaban J connectivity index is 1.22. The molecule has 10 nitrogen and oxygen atoms in total. The fourth-order valence-electron chi connectivity index (χ4n) is 7.21. The number of fused-ring (bicyclic) bond motifs is 4. The molecule has 1 saturated carbocycles. The molecule has 4 heterocycles. The van der Waals surface area contributed by atoms with Crippen LogP contribution in [-0.2, 0) is 19.1 Å². The summed E-state index contributed by atoms with van der Waals surface area (Å²) in [5, 5.41) is 6.38. The monoisotopic (exact) mass is 568 g/mol. The molecule has 2 bridgehead atoms. The normalized spacial score (nSPS) is 30.9. The van der Waals surface area contributed by atoms with Gasteiger partial charge in [0, 0.05) is 57.8 Å².